The van der Waals surface area contributed by atoms with Crippen LogP contribution in [0.25, 0.3) is 0 Å². The summed E-state index contributed by atoms with van der Waals surface area (Å²) in [7, 11) is 0. The van der Waals surface area contributed by atoms with Gasteiger partial charge in [-0.3, -0.25) is 4.90 Å². The summed E-state index contributed by atoms with van der Waals surface area (Å²) in [6.07, 6.45) is 8.53. The second-order valence-electron chi connectivity index (χ2n) is 6.39. The number of halogens is 2. The second kappa shape index (κ2) is 5.98. The van der Waals surface area contributed by atoms with Gasteiger partial charge in [0.1, 0.15) is 5.75 Å². The number of piperidine rings is 1. The number of phenols is 1. The summed E-state index contributed by atoms with van der Waals surface area (Å²) < 4.78 is 1.54. The molecule has 1 saturated carbocycles. The van der Waals surface area contributed by atoms with Crippen LogP contribution < -0.4 is 0 Å². The Bertz CT molecular complexity index is 464. The Balaban J connectivity index is 1.62. The number of phenolic OH excluding ortho intramolecular Hbond substituents is 1. The van der Waals surface area contributed by atoms with E-state index in [1.54, 1.807) is 0 Å². The van der Waals surface area contributed by atoms with E-state index in [4.69, 9.17) is 0 Å². The average molecular weight is 403 g/mol. The molecule has 0 radical (unpaired) electrons. The van der Waals surface area contributed by atoms with Crippen LogP contribution in [0.4, 0.5) is 0 Å². The van der Waals surface area contributed by atoms with Gasteiger partial charge in [-0.15, -0.1) is 0 Å². The maximum absolute atomic E-state index is 9.77. The number of likely N-dealkylation sites (tertiary alicyclic amines) is 1. The minimum atomic E-state index is 0.289. The van der Waals surface area contributed by atoms with Crippen LogP contribution in [0.2, 0.25) is 0 Å². The lowest BCUT2D eigenvalue weighted by molar-refractivity contribution is 0.103. The predicted molar refractivity (Wildman–Crippen MR) is 88.9 cm³/mol. The van der Waals surface area contributed by atoms with E-state index in [9.17, 15) is 5.11 Å². The van der Waals surface area contributed by atoms with E-state index in [1.165, 1.54) is 57.2 Å². The molecule has 0 bridgehead atoms. The molecule has 2 aliphatic rings. The zero-order valence-electron chi connectivity index (χ0n) is 11.7. The van der Waals surface area contributed by atoms with Crippen molar-refractivity contribution in [2.75, 3.05) is 13.1 Å². The number of nitrogens with zero attached hydrogens (tertiary/aromatic N) is 1. The lowest BCUT2D eigenvalue weighted by Crippen LogP contribution is -2.38. The van der Waals surface area contributed by atoms with E-state index in [0.717, 1.165) is 15.5 Å². The fraction of sp³-hybridized carbons (Fsp3) is 0.625. The number of rotatable bonds is 2. The van der Waals surface area contributed by atoms with Crippen LogP contribution in [0.15, 0.2) is 21.1 Å². The zero-order chi connectivity index (χ0) is 14.2. The molecule has 1 aliphatic heterocycles. The Kier molecular flexibility index (Phi) is 4.44. The van der Waals surface area contributed by atoms with Gasteiger partial charge in [0.05, 0.1) is 8.95 Å². The van der Waals surface area contributed by atoms with E-state index >= 15 is 0 Å². The summed E-state index contributed by atoms with van der Waals surface area (Å²) in [5.74, 6) is 0.289. The fourth-order valence-electron chi connectivity index (χ4n) is 3.78. The van der Waals surface area contributed by atoms with Crippen LogP contribution in [0, 0.1) is 5.41 Å². The molecule has 0 aromatic heterocycles. The van der Waals surface area contributed by atoms with Gasteiger partial charge in [0.2, 0.25) is 0 Å². The normalized spacial score (nSPS) is 22.5. The van der Waals surface area contributed by atoms with Crippen molar-refractivity contribution < 1.29 is 5.11 Å². The molecule has 4 heteroatoms. The van der Waals surface area contributed by atoms with Crippen LogP contribution in [0.1, 0.15) is 44.1 Å². The van der Waals surface area contributed by atoms with Crippen molar-refractivity contribution in [3.05, 3.63) is 26.6 Å². The molecule has 110 valence electrons. The first-order chi connectivity index (χ1) is 9.58. The van der Waals surface area contributed by atoms with E-state index in [0.29, 0.717) is 5.41 Å². The molecule has 20 heavy (non-hydrogen) atoms. The molecule has 1 aromatic rings. The van der Waals surface area contributed by atoms with Crippen molar-refractivity contribution in [1.29, 1.82) is 0 Å². The number of hydrogen-bond donors (Lipinski definition) is 1. The summed E-state index contributed by atoms with van der Waals surface area (Å²) in [6.45, 7) is 3.42. The Morgan fingerprint density at radius 2 is 1.55 bits per heavy atom. The van der Waals surface area contributed by atoms with Crippen molar-refractivity contribution >= 4 is 31.9 Å². The van der Waals surface area contributed by atoms with E-state index in [-0.39, 0.29) is 5.75 Å². The van der Waals surface area contributed by atoms with Gasteiger partial charge < -0.3 is 5.11 Å². The third kappa shape index (κ3) is 3.07. The molecule has 1 spiro atoms. The minimum absolute atomic E-state index is 0.289. The molecule has 2 nitrogen and oxygen atoms in total. The Morgan fingerprint density at radius 3 is 2.10 bits per heavy atom. The van der Waals surface area contributed by atoms with Crippen molar-refractivity contribution in [2.24, 2.45) is 5.41 Å². The molecule has 1 heterocycles. The van der Waals surface area contributed by atoms with Gasteiger partial charge >= 0.3 is 0 Å². The Morgan fingerprint density at radius 1 is 1.00 bits per heavy atom. The number of hydrogen-bond acceptors (Lipinski definition) is 2. The highest BCUT2D eigenvalue weighted by Gasteiger charge is 2.36. The smallest absolute Gasteiger partial charge is 0.143 e. The molecule has 1 N–H and O–H groups in total. The second-order valence-corrected chi connectivity index (χ2v) is 8.10. The molecular weight excluding hydrogens is 382 g/mol. The van der Waals surface area contributed by atoms with E-state index in [1.807, 2.05) is 12.1 Å². The average Bonchev–Trinajstić information content (AvgIpc) is 2.87. The van der Waals surface area contributed by atoms with Crippen molar-refractivity contribution in [3.8, 4) is 5.75 Å². The SMILES string of the molecule is Oc1c(Br)cc(CN2CCC3(CCCC3)CC2)cc1Br. The summed E-state index contributed by atoms with van der Waals surface area (Å²) in [6, 6.07) is 4.06. The first-order valence-corrected chi connectivity index (χ1v) is 9.06. The topological polar surface area (TPSA) is 23.5 Å². The first kappa shape index (κ1) is 14.9. The maximum Gasteiger partial charge on any atom is 0.143 e. The highest BCUT2D eigenvalue weighted by atomic mass is 79.9. The molecule has 1 aliphatic carbocycles. The van der Waals surface area contributed by atoms with Crippen LogP contribution in [-0.2, 0) is 6.54 Å². The van der Waals surface area contributed by atoms with Crippen LogP contribution in [0.5, 0.6) is 5.75 Å². The molecule has 0 atom stereocenters. The quantitative estimate of drug-likeness (QED) is 0.745. The van der Waals surface area contributed by atoms with Crippen LogP contribution in [0.3, 0.4) is 0 Å². The van der Waals surface area contributed by atoms with Crippen LogP contribution >= 0.6 is 31.9 Å². The van der Waals surface area contributed by atoms with Gasteiger partial charge in [-0.25, -0.2) is 0 Å². The molecule has 3 rings (SSSR count). The number of benzene rings is 1. The molecule has 1 aromatic carbocycles. The molecular formula is C16H21Br2NO. The van der Waals surface area contributed by atoms with E-state index in [2.05, 4.69) is 36.8 Å². The third-order valence-corrected chi connectivity index (χ3v) is 6.27. The van der Waals surface area contributed by atoms with Crippen molar-refractivity contribution in [1.82, 2.24) is 4.90 Å². The lowest BCUT2D eigenvalue weighted by Gasteiger charge is -2.39. The van der Waals surface area contributed by atoms with Crippen molar-refractivity contribution in [3.63, 3.8) is 0 Å². The third-order valence-electron chi connectivity index (χ3n) is 5.06. The largest absolute Gasteiger partial charge is 0.506 e. The zero-order valence-corrected chi connectivity index (χ0v) is 14.8. The molecule has 0 unspecified atom stereocenters. The Labute approximate surface area is 137 Å². The predicted octanol–water partition coefficient (Wildman–Crippen LogP) is 5.07. The summed E-state index contributed by atoms with van der Waals surface area (Å²) in [4.78, 5) is 2.55. The van der Waals surface area contributed by atoms with Crippen LogP contribution in [-0.4, -0.2) is 23.1 Å². The molecule has 2 fully saturated rings. The van der Waals surface area contributed by atoms with Gasteiger partial charge in [-0.2, -0.15) is 0 Å². The summed E-state index contributed by atoms with van der Waals surface area (Å²) in [5, 5.41) is 9.77. The lowest BCUT2D eigenvalue weighted by atomic mass is 9.77. The fourth-order valence-corrected chi connectivity index (χ4v) is 5.06. The standard InChI is InChI=1S/C16H21Br2NO/c17-13-9-12(10-14(18)15(13)20)11-19-7-5-16(6-8-19)3-1-2-4-16/h9-10,20H,1-8,11H2. The van der Waals surface area contributed by atoms with Gasteiger partial charge in [-0.05, 0) is 93.7 Å². The number of aromatic hydroxyl groups is 1. The summed E-state index contributed by atoms with van der Waals surface area (Å²) in [5.41, 5.74) is 1.94. The maximum atomic E-state index is 9.77. The highest BCUT2D eigenvalue weighted by molar-refractivity contribution is 9.11. The van der Waals surface area contributed by atoms with Crippen molar-refractivity contribution in [2.45, 2.75) is 45.1 Å². The van der Waals surface area contributed by atoms with Gasteiger partial charge in [0.25, 0.3) is 0 Å². The Hall–Kier alpha value is -0.0600. The van der Waals surface area contributed by atoms with E-state index < -0.39 is 0 Å². The van der Waals surface area contributed by atoms with Gasteiger partial charge in [-0.1, -0.05) is 12.8 Å². The highest BCUT2D eigenvalue weighted by Crippen LogP contribution is 2.46. The molecule has 0 amide bonds. The molecule has 1 saturated heterocycles. The monoisotopic (exact) mass is 401 g/mol. The van der Waals surface area contributed by atoms with Gasteiger partial charge in [0, 0.05) is 6.54 Å². The minimum Gasteiger partial charge on any atom is -0.506 e. The first-order valence-electron chi connectivity index (χ1n) is 7.47. The summed E-state index contributed by atoms with van der Waals surface area (Å²) >= 11 is 6.82. The van der Waals surface area contributed by atoms with Gasteiger partial charge in [0.15, 0.2) is 0 Å².